The number of aromatic nitrogens is 1. The molecule has 1 aliphatic rings. The number of piperidine rings is 1. The van der Waals surface area contributed by atoms with E-state index in [9.17, 15) is 0 Å². The largest absolute Gasteiger partial charge is 0.376 e. The van der Waals surface area contributed by atoms with Gasteiger partial charge in [0.05, 0.1) is 11.6 Å². The summed E-state index contributed by atoms with van der Waals surface area (Å²) in [4.78, 5) is 7.21. The van der Waals surface area contributed by atoms with Crippen molar-refractivity contribution in [1.29, 1.82) is 0 Å². The third-order valence-electron chi connectivity index (χ3n) is 5.53. The van der Waals surface area contributed by atoms with Crippen LogP contribution in [0.5, 0.6) is 0 Å². The summed E-state index contributed by atoms with van der Waals surface area (Å²) in [6.45, 7) is 3.24. The van der Waals surface area contributed by atoms with Crippen molar-refractivity contribution in [3.8, 4) is 0 Å². The topological polar surface area (TPSA) is 28.2 Å². The van der Waals surface area contributed by atoms with E-state index in [1.54, 1.807) is 0 Å². The second-order valence-corrected chi connectivity index (χ2v) is 7.40. The maximum atomic E-state index is 4.69. The molecule has 0 radical (unpaired) electrons. The first-order valence-corrected chi connectivity index (χ1v) is 9.60. The minimum Gasteiger partial charge on any atom is -0.376 e. The predicted octanol–water partition coefficient (Wildman–Crippen LogP) is 5.18. The Bertz CT molecular complexity index is 875. The molecule has 26 heavy (non-hydrogen) atoms. The van der Waals surface area contributed by atoms with Gasteiger partial charge in [-0.15, -0.1) is 0 Å². The molecular formula is C23H27N3. The van der Waals surface area contributed by atoms with Gasteiger partial charge in [-0.2, -0.15) is 0 Å². The van der Waals surface area contributed by atoms with Crippen molar-refractivity contribution in [3.63, 3.8) is 0 Å². The van der Waals surface area contributed by atoms with Crippen LogP contribution < -0.4 is 5.32 Å². The maximum absolute atomic E-state index is 4.69. The molecule has 0 spiro atoms. The van der Waals surface area contributed by atoms with Crippen LogP contribution in [-0.4, -0.2) is 29.5 Å². The fourth-order valence-electron chi connectivity index (χ4n) is 4.18. The zero-order valence-electron chi connectivity index (χ0n) is 15.7. The Morgan fingerprint density at radius 3 is 2.62 bits per heavy atom. The number of aryl methyl sites for hydroxylation is 1. The fourth-order valence-corrected chi connectivity index (χ4v) is 4.18. The molecule has 3 heteroatoms. The zero-order valence-corrected chi connectivity index (χ0v) is 15.7. The predicted molar refractivity (Wildman–Crippen MR) is 110 cm³/mol. The summed E-state index contributed by atoms with van der Waals surface area (Å²) >= 11 is 0. The summed E-state index contributed by atoms with van der Waals surface area (Å²) in [6, 6.07) is 22.2. The molecule has 1 aliphatic heterocycles. The smallest absolute Gasteiger partial charge is 0.0725 e. The average Bonchev–Trinajstić information content (AvgIpc) is 2.67. The van der Waals surface area contributed by atoms with E-state index < -0.39 is 0 Å². The molecule has 2 aromatic carbocycles. The summed E-state index contributed by atoms with van der Waals surface area (Å²) in [5, 5.41) is 5.09. The van der Waals surface area contributed by atoms with E-state index >= 15 is 0 Å². The van der Waals surface area contributed by atoms with Crippen LogP contribution in [-0.2, 0) is 0 Å². The number of hydrogen-bond donors (Lipinski definition) is 1. The van der Waals surface area contributed by atoms with E-state index in [1.807, 2.05) is 0 Å². The zero-order chi connectivity index (χ0) is 17.9. The van der Waals surface area contributed by atoms with Gasteiger partial charge in [0.15, 0.2) is 0 Å². The molecule has 0 amide bonds. The van der Waals surface area contributed by atoms with Crippen LogP contribution in [0.3, 0.4) is 0 Å². The average molecular weight is 345 g/mol. The standard InChI is InChI=1S/C23H27N3/c1-17-16-21(19-12-6-7-13-20(19)24-17)25-23(18-10-4-3-5-11-18)22-14-8-9-15-26(22)2/h3-7,10-13,16,22-23H,8-9,14-15H2,1-2H3,(H,24,25)/t22-,23-/m0/s1. The Hall–Kier alpha value is -2.39. The lowest BCUT2D eigenvalue weighted by molar-refractivity contribution is 0.166. The number of benzene rings is 2. The molecule has 134 valence electrons. The van der Waals surface area contributed by atoms with Crippen molar-refractivity contribution in [2.75, 3.05) is 18.9 Å². The Morgan fingerprint density at radius 1 is 1.04 bits per heavy atom. The maximum Gasteiger partial charge on any atom is 0.0725 e. The number of likely N-dealkylation sites (N-methyl/N-ethyl adjacent to an activating group) is 1. The molecule has 1 saturated heterocycles. The monoisotopic (exact) mass is 345 g/mol. The van der Waals surface area contributed by atoms with Gasteiger partial charge in [-0.3, -0.25) is 4.98 Å². The third kappa shape index (κ3) is 3.45. The van der Waals surface area contributed by atoms with Crippen LogP contribution in [0.2, 0.25) is 0 Å². The van der Waals surface area contributed by atoms with E-state index in [0.717, 1.165) is 11.2 Å². The number of rotatable bonds is 4. The molecule has 0 bridgehead atoms. The van der Waals surface area contributed by atoms with Gasteiger partial charge < -0.3 is 10.2 Å². The molecule has 2 atom stereocenters. The summed E-state index contributed by atoms with van der Waals surface area (Å²) in [5.41, 5.74) is 4.64. The number of hydrogen-bond acceptors (Lipinski definition) is 3. The molecule has 0 aliphatic carbocycles. The summed E-state index contributed by atoms with van der Waals surface area (Å²) in [5.74, 6) is 0. The van der Waals surface area contributed by atoms with Gasteiger partial charge in [-0.1, -0.05) is 55.0 Å². The van der Waals surface area contributed by atoms with E-state index in [0.29, 0.717) is 6.04 Å². The van der Waals surface area contributed by atoms with Crippen molar-refractivity contribution >= 4 is 16.6 Å². The van der Waals surface area contributed by atoms with Crippen LogP contribution in [0.4, 0.5) is 5.69 Å². The number of anilines is 1. The van der Waals surface area contributed by atoms with Crippen LogP contribution in [0.15, 0.2) is 60.7 Å². The van der Waals surface area contributed by atoms with Gasteiger partial charge in [-0.25, -0.2) is 0 Å². The minimum absolute atomic E-state index is 0.270. The highest BCUT2D eigenvalue weighted by Gasteiger charge is 2.29. The first kappa shape index (κ1) is 17.0. The highest BCUT2D eigenvalue weighted by atomic mass is 15.2. The molecule has 3 nitrogen and oxygen atoms in total. The lowest BCUT2D eigenvalue weighted by Crippen LogP contribution is -2.43. The molecule has 2 heterocycles. The van der Waals surface area contributed by atoms with Gasteiger partial charge >= 0.3 is 0 Å². The SMILES string of the molecule is Cc1cc(N[C@@H](c2ccccc2)[C@@H]2CCCCN2C)c2ccccc2n1. The molecule has 0 unspecified atom stereocenters. The third-order valence-corrected chi connectivity index (χ3v) is 5.53. The van der Waals surface area contributed by atoms with Crippen LogP contribution in [0.25, 0.3) is 10.9 Å². The van der Waals surface area contributed by atoms with Crippen molar-refractivity contribution in [2.45, 2.75) is 38.3 Å². The van der Waals surface area contributed by atoms with E-state index in [-0.39, 0.29) is 6.04 Å². The Labute approximate surface area is 156 Å². The van der Waals surface area contributed by atoms with Gasteiger partial charge in [-0.05, 0) is 51.1 Å². The van der Waals surface area contributed by atoms with Gasteiger partial charge in [0, 0.05) is 22.8 Å². The minimum atomic E-state index is 0.270. The summed E-state index contributed by atoms with van der Waals surface area (Å²) < 4.78 is 0. The summed E-state index contributed by atoms with van der Waals surface area (Å²) in [7, 11) is 2.26. The Kier molecular flexibility index (Phi) is 4.89. The van der Waals surface area contributed by atoms with Crippen molar-refractivity contribution in [3.05, 3.63) is 71.9 Å². The molecule has 4 rings (SSSR count). The number of likely N-dealkylation sites (tertiary alicyclic amines) is 1. The van der Waals surface area contributed by atoms with E-state index in [1.165, 1.54) is 42.4 Å². The molecule has 0 saturated carbocycles. The quantitative estimate of drug-likeness (QED) is 0.706. The molecule has 1 fully saturated rings. The number of pyridine rings is 1. The highest BCUT2D eigenvalue weighted by Crippen LogP contribution is 2.33. The molecular weight excluding hydrogens is 318 g/mol. The van der Waals surface area contributed by atoms with E-state index in [4.69, 9.17) is 4.98 Å². The van der Waals surface area contributed by atoms with E-state index in [2.05, 4.69) is 84.9 Å². The highest BCUT2D eigenvalue weighted by molar-refractivity contribution is 5.91. The molecule has 1 N–H and O–H groups in total. The number of para-hydroxylation sites is 1. The van der Waals surface area contributed by atoms with Gasteiger partial charge in [0.2, 0.25) is 0 Å². The van der Waals surface area contributed by atoms with Crippen molar-refractivity contribution in [1.82, 2.24) is 9.88 Å². The normalized spacial score (nSPS) is 19.4. The second kappa shape index (κ2) is 7.46. The fraction of sp³-hybridized carbons (Fsp3) is 0.348. The molecule has 1 aromatic heterocycles. The number of nitrogens with zero attached hydrogens (tertiary/aromatic N) is 2. The molecule has 3 aromatic rings. The lowest BCUT2D eigenvalue weighted by Gasteiger charge is -2.39. The van der Waals surface area contributed by atoms with Crippen LogP contribution in [0.1, 0.15) is 36.6 Å². The first-order valence-electron chi connectivity index (χ1n) is 9.60. The van der Waals surface area contributed by atoms with Crippen molar-refractivity contribution in [2.24, 2.45) is 0 Å². The van der Waals surface area contributed by atoms with Crippen molar-refractivity contribution < 1.29 is 0 Å². The van der Waals surface area contributed by atoms with Gasteiger partial charge in [0.1, 0.15) is 0 Å². The number of nitrogens with one attached hydrogen (secondary N) is 1. The second-order valence-electron chi connectivity index (χ2n) is 7.40. The van der Waals surface area contributed by atoms with Gasteiger partial charge in [0.25, 0.3) is 0 Å². The first-order chi connectivity index (χ1) is 12.7. The Balaban J connectivity index is 1.76. The number of fused-ring (bicyclic) bond motifs is 1. The van der Waals surface area contributed by atoms with Crippen LogP contribution >= 0.6 is 0 Å². The Morgan fingerprint density at radius 2 is 1.81 bits per heavy atom. The lowest BCUT2D eigenvalue weighted by atomic mass is 9.91. The van der Waals surface area contributed by atoms with Crippen LogP contribution in [0, 0.1) is 6.92 Å². The summed E-state index contributed by atoms with van der Waals surface area (Å²) in [6.07, 6.45) is 3.83.